The Labute approximate surface area is 186 Å². The van der Waals surface area contributed by atoms with Gasteiger partial charge in [0.1, 0.15) is 0 Å². The van der Waals surface area contributed by atoms with Crippen molar-refractivity contribution in [1.29, 1.82) is 0 Å². The van der Waals surface area contributed by atoms with Gasteiger partial charge in [0, 0.05) is 30.3 Å². The number of benzene rings is 1. The molecule has 1 fully saturated rings. The Kier molecular flexibility index (Phi) is 5.08. The molecule has 11 heteroatoms. The van der Waals surface area contributed by atoms with Crippen LogP contribution in [-0.2, 0) is 10.4 Å². The molecular weight excluding hydrogens is 437 g/mol. The molecule has 3 aromatic rings. The Hall–Kier alpha value is -3.47. The standard InChI is InChI=1S/C22H21F3N6O2/c23-22(24,25)21(33)12-17(32)26-20-18(21)19(29-30-20)14-8-10-31(11-9-14)16-7-6-15(27-28-16)13-4-2-1-3-5-13/h1-7,14,33H,8-12H2,(H2,26,29,30,32). The SMILES string of the molecule is O=C1CC(O)(C(F)(F)F)c2c(n[nH]c2C2CCN(c3ccc(-c4ccccc4)nn3)CC2)N1. The van der Waals surface area contributed by atoms with Gasteiger partial charge < -0.3 is 15.3 Å². The van der Waals surface area contributed by atoms with Gasteiger partial charge in [-0.15, -0.1) is 10.2 Å². The van der Waals surface area contributed by atoms with Crippen LogP contribution in [0.5, 0.6) is 0 Å². The summed E-state index contributed by atoms with van der Waals surface area (Å²) in [5.74, 6) is -0.768. The van der Waals surface area contributed by atoms with Crippen molar-refractivity contribution < 1.29 is 23.1 Å². The van der Waals surface area contributed by atoms with Gasteiger partial charge in [0.25, 0.3) is 0 Å². The minimum absolute atomic E-state index is 0.218. The van der Waals surface area contributed by atoms with Crippen LogP contribution in [0.4, 0.5) is 24.8 Å². The lowest BCUT2D eigenvalue weighted by atomic mass is 9.81. The number of nitrogens with one attached hydrogen (secondary N) is 2. The highest BCUT2D eigenvalue weighted by Gasteiger charge is 2.61. The predicted molar refractivity (Wildman–Crippen MR) is 113 cm³/mol. The number of fused-ring (bicyclic) bond motifs is 1. The van der Waals surface area contributed by atoms with Crippen molar-refractivity contribution in [1.82, 2.24) is 20.4 Å². The number of aromatic nitrogens is 4. The van der Waals surface area contributed by atoms with Crippen LogP contribution in [0.15, 0.2) is 42.5 Å². The lowest BCUT2D eigenvalue weighted by molar-refractivity contribution is -0.267. The van der Waals surface area contributed by atoms with E-state index in [9.17, 15) is 23.1 Å². The van der Waals surface area contributed by atoms with Crippen LogP contribution < -0.4 is 10.2 Å². The summed E-state index contributed by atoms with van der Waals surface area (Å²) in [7, 11) is 0. The normalized spacial score (nSPS) is 21.6. The number of alkyl halides is 3. The Balaban J connectivity index is 1.33. The molecule has 0 radical (unpaired) electrons. The minimum Gasteiger partial charge on any atom is -0.376 e. The number of carbonyl (C=O) groups is 1. The maximum Gasteiger partial charge on any atom is 0.422 e. The van der Waals surface area contributed by atoms with Crippen LogP contribution in [0, 0.1) is 0 Å². The Morgan fingerprint density at radius 2 is 1.79 bits per heavy atom. The van der Waals surface area contributed by atoms with Gasteiger partial charge in [-0.3, -0.25) is 9.89 Å². The van der Waals surface area contributed by atoms with E-state index < -0.39 is 24.1 Å². The number of aliphatic hydroxyl groups is 1. The zero-order chi connectivity index (χ0) is 23.2. The number of halogens is 3. The van der Waals surface area contributed by atoms with Gasteiger partial charge in [0.15, 0.2) is 17.2 Å². The molecule has 0 aliphatic carbocycles. The van der Waals surface area contributed by atoms with Crippen LogP contribution in [0.25, 0.3) is 11.3 Å². The molecule has 5 rings (SSSR count). The summed E-state index contributed by atoms with van der Waals surface area (Å²) >= 11 is 0. The van der Waals surface area contributed by atoms with Crippen molar-refractivity contribution in [2.45, 2.75) is 37.0 Å². The highest BCUT2D eigenvalue weighted by molar-refractivity contribution is 5.94. The quantitative estimate of drug-likeness (QED) is 0.556. The minimum atomic E-state index is -5.01. The van der Waals surface area contributed by atoms with E-state index in [4.69, 9.17) is 0 Å². The average molecular weight is 458 g/mol. The molecule has 3 N–H and O–H groups in total. The number of carbonyl (C=O) groups excluding carboxylic acids is 1. The third-order valence-electron chi connectivity index (χ3n) is 6.30. The molecule has 1 unspecified atom stereocenters. The molecule has 8 nitrogen and oxygen atoms in total. The fraction of sp³-hybridized carbons (Fsp3) is 0.364. The van der Waals surface area contributed by atoms with Gasteiger partial charge in [0.2, 0.25) is 5.91 Å². The van der Waals surface area contributed by atoms with E-state index in [1.165, 1.54) is 0 Å². The monoisotopic (exact) mass is 458 g/mol. The molecule has 0 saturated carbocycles. The maximum absolute atomic E-state index is 13.7. The molecule has 2 aromatic heterocycles. The number of piperidine rings is 1. The van der Waals surface area contributed by atoms with Gasteiger partial charge in [0.05, 0.1) is 17.7 Å². The number of hydrogen-bond acceptors (Lipinski definition) is 6. The number of aromatic amines is 1. The van der Waals surface area contributed by atoms with Gasteiger partial charge in [-0.05, 0) is 25.0 Å². The molecule has 1 amide bonds. The maximum atomic E-state index is 13.7. The number of rotatable bonds is 3. The van der Waals surface area contributed by atoms with Crippen molar-refractivity contribution >= 4 is 17.5 Å². The van der Waals surface area contributed by atoms with E-state index in [-0.39, 0.29) is 23.0 Å². The van der Waals surface area contributed by atoms with E-state index in [1.807, 2.05) is 47.4 Å². The third kappa shape index (κ3) is 3.71. The fourth-order valence-electron chi connectivity index (χ4n) is 4.55. The first kappa shape index (κ1) is 21.4. The number of amides is 1. The third-order valence-corrected chi connectivity index (χ3v) is 6.30. The number of anilines is 2. The van der Waals surface area contributed by atoms with Crippen LogP contribution in [0.3, 0.4) is 0 Å². The Morgan fingerprint density at radius 1 is 1.06 bits per heavy atom. The molecule has 2 aliphatic heterocycles. The molecular formula is C22H21F3N6O2. The topological polar surface area (TPSA) is 107 Å². The van der Waals surface area contributed by atoms with Gasteiger partial charge in [-0.1, -0.05) is 30.3 Å². The fourth-order valence-corrected chi connectivity index (χ4v) is 4.55. The van der Waals surface area contributed by atoms with Gasteiger partial charge in [-0.25, -0.2) is 0 Å². The molecule has 4 heterocycles. The first-order chi connectivity index (χ1) is 15.8. The summed E-state index contributed by atoms with van der Waals surface area (Å²) in [5.41, 5.74) is -1.70. The summed E-state index contributed by atoms with van der Waals surface area (Å²) in [6, 6.07) is 13.4. The first-order valence-electron chi connectivity index (χ1n) is 10.6. The van der Waals surface area contributed by atoms with E-state index >= 15 is 0 Å². The van der Waals surface area contributed by atoms with Crippen molar-refractivity contribution in [3.63, 3.8) is 0 Å². The number of hydrogen-bond donors (Lipinski definition) is 3. The molecule has 0 bridgehead atoms. The van der Waals surface area contributed by atoms with Crippen LogP contribution >= 0.6 is 0 Å². The van der Waals surface area contributed by atoms with Crippen molar-refractivity contribution in [3.8, 4) is 11.3 Å². The number of nitrogens with zero attached hydrogens (tertiary/aromatic N) is 4. The lowest BCUT2D eigenvalue weighted by Crippen LogP contribution is -2.49. The molecule has 1 saturated heterocycles. The summed E-state index contributed by atoms with van der Waals surface area (Å²) in [6.45, 7) is 1.10. The second kappa shape index (κ2) is 7.84. The van der Waals surface area contributed by atoms with E-state index in [2.05, 4.69) is 25.7 Å². The number of H-pyrrole nitrogens is 1. The molecule has 1 aromatic carbocycles. The summed E-state index contributed by atoms with van der Waals surface area (Å²) in [6.07, 6.45) is -5.04. The van der Waals surface area contributed by atoms with E-state index in [0.717, 1.165) is 11.3 Å². The van der Waals surface area contributed by atoms with E-state index in [1.54, 1.807) is 0 Å². The summed E-state index contributed by atoms with van der Waals surface area (Å²) in [5, 5.41) is 28.0. The second-order valence-corrected chi connectivity index (χ2v) is 8.35. The Morgan fingerprint density at radius 3 is 2.42 bits per heavy atom. The molecule has 33 heavy (non-hydrogen) atoms. The molecule has 2 aliphatic rings. The summed E-state index contributed by atoms with van der Waals surface area (Å²) < 4.78 is 41.2. The Bertz CT molecular complexity index is 1160. The van der Waals surface area contributed by atoms with Crippen LogP contribution in [0.2, 0.25) is 0 Å². The van der Waals surface area contributed by atoms with Crippen LogP contribution in [0.1, 0.15) is 36.4 Å². The molecule has 172 valence electrons. The molecule has 0 spiro atoms. The molecule has 1 atom stereocenters. The van der Waals surface area contributed by atoms with Crippen molar-refractivity contribution in [3.05, 3.63) is 53.7 Å². The first-order valence-corrected chi connectivity index (χ1v) is 10.6. The smallest absolute Gasteiger partial charge is 0.376 e. The largest absolute Gasteiger partial charge is 0.422 e. The highest BCUT2D eigenvalue weighted by atomic mass is 19.4. The zero-order valence-electron chi connectivity index (χ0n) is 17.4. The van der Waals surface area contributed by atoms with E-state index in [0.29, 0.717) is 31.7 Å². The lowest BCUT2D eigenvalue weighted by Gasteiger charge is -2.36. The predicted octanol–water partition coefficient (Wildman–Crippen LogP) is 3.34. The summed E-state index contributed by atoms with van der Waals surface area (Å²) in [4.78, 5) is 13.8. The second-order valence-electron chi connectivity index (χ2n) is 8.35. The van der Waals surface area contributed by atoms with Gasteiger partial charge in [-0.2, -0.15) is 18.3 Å². The van der Waals surface area contributed by atoms with Crippen molar-refractivity contribution in [2.75, 3.05) is 23.3 Å². The van der Waals surface area contributed by atoms with Gasteiger partial charge >= 0.3 is 6.18 Å². The highest BCUT2D eigenvalue weighted by Crippen LogP contribution is 2.49. The van der Waals surface area contributed by atoms with Crippen LogP contribution in [-0.4, -0.2) is 50.7 Å². The average Bonchev–Trinajstić information content (AvgIpc) is 3.24. The zero-order valence-corrected chi connectivity index (χ0v) is 17.4. The van der Waals surface area contributed by atoms with Crippen molar-refractivity contribution in [2.24, 2.45) is 0 Å².